The molecule has 0 saturated heterocycles. The first-order valence-corrected chi connectivity index (χ1v) is 7.82. The smallest absolute Gasteiger partial charge is 0.305 e. The molecule has 0 aliphatic rings. The molecule has 0 radical (unpaired) electrons. The van der Waals surface area contributed by atoms with Gasteiger partial charge >= 0.3 is 5.97 Å². The molecular weight excluding hydrogens is 264 g/mol. The summed E-state index contributed by atoms with van der Waals surface area (Å²) in [5, 5.41) is 0. The molecule has 0 aromatic heterocycles. The molecule has 3 heteroatoms. The SMILES string of the molecule is CC.CC.COC(=O)CCCOc1cc(C)c(C)c(C)c1. The second-order valence-corrected chi connectivity index (χ2v) is 4.21. The van der Waals surface area contributed by atoms with Gasteiger partial charge in [0.2, 0.25) is 0 Å². The summed E-state index contributed by atoms with van der Waals surface area (Å²) < 4.78 is 10.2. The van der Waals surface area contributed by atoms with Gasteiger partial charge in [-0.3, -0.25) is 4.79 Å². The van der Waals surface area contributed by atoms with Gasteiger partial charge in [0.05, 0.1) is 13.7 Å². The average Bonchev–Trinajstić information content (AvgIpc) is 2.52. The molecule has 1 rings (SSSR count). The van der Waals surface area contributed by atoms with E-state index >= 15 is 0 Å². The van der Waals surface area contributed by atoms with E-state index in [1.807, 2.05) is 39.8 Å². The highest BCUT2D eigenvalue weighted by atomic mass is 16.5. The predicted molar refractivity (Wildman–Crippen MR) is 90.1 cm³/mol. The molecule has 21 heavy (non-hydrogen) atoms. The van der Waals surface area contributed by atoms with Crippen LogP contribution in [0.15, 0.2) is 12.1 Å². The molecule has 1 aromatic carbocycles. The van der Waals surface area contributed by atoms with Crippen LogP contribution in [-0.4, -0.2) is 19.7 Å². The molecule has 0 N–H and O–H groups in total. The monoisotopic (exact) mass is 296 g/mol. The van der Waals surface area contributed by atoms with Crippen molar-refractivity contribution in [2.75, 3.05) is 13.7 Å². The van der Waals surface area contributed by atoms with Crippen LogP contribution in [0.5, 0.6) is 5.75 Å². The van der Waals surface area contributed by atoms with Crippen molar-refractivity contribution in [3.63, 3.8) is 0 Å². The van der Waals surface area contributed by atoms with Crippen LogP contribution in [0.2, 0.25) is 0 Å². The van der Waals surface area contributed by atoms with E-state index in [0.29, 0.717) is 19.4 Å². The predicted octanol–water partition coefficient (Wildman–Crippen LogP) is 5.00. The second kappa shape index (κ2) is 13.5. The number of benzene rings is 1. The maximum atomic E-state index is 10.9. The van der Waals surface area contributed by atoms with Gasteiger partial charge in [-0.05, 0) is 56.0 Å². The number of hydrogen-bond acceptors (Lipinski definition) is 3. The molecule has 0 saturated carbocycles. The average molecular weight is 296 g/mol. The van der Waals surface area contributed by atoms with Gasteiger partial charge in [0.25, 0.3) is 0 Å². The van der Waals surface area contributed by atoms with Crippen LogP contribution < -0.4 is 4.74 Å². The number of hydrogen-bond donors (Lipinski definition) is 0. The van der Waals surface area contributed by atoms with Crippen LogP contribution in [0, 0.1) is 20.8 Å². The Balaban J connectivity index is 0. The minimum absolute atomic E-state index is 0.190. The number of rotatable bonds is 5. The van der Waals surface area contributed by atoms with Crippen molar-refractivity contribution in [3.05, 3.63) is 28.8 Å². The Morgan fingerprint density at radius 2 is 1.48 bits per heavy atom. The first-order chi connectivity index (χ1) is 10.0. The van der Waals surface area contributed by atoms with Crippen molar-refractivity contribution in [2.24, 2.45) is 0 Å². The molecule has 1 aromatic rings. The maximum absolute atomic E-state index is 10.9. The van der Waals surface area contributed by atoms with Crippen LogP contribution in [0.25, 0.3) is 0 Å². The largest absolute Gasteiger partial charge is 0.494 e. The van der Waals surface area contributed by atoms with Crippen molar-refractivity contribution >= 4 is 5.97 Å². The van der Waals surface area contributed by atoms with Crippen LogP contribution >= 0.6 is 0 Å². The summed E-state index contributed by atoms with van der Waals surface area (Å²) in [5.74, 6) is 0.681. The summed E-state index contributed by atoms with van der Waals surface area (Å²) >= 11 is 0. The Bertz CT molecular complexity index is 374. The molecule has 0 heterocycles. The Labute approximate surface area is 130 Å². The normalized spacial score (nSPS) is 8.76. The molecule has 0 amide bonds. The third kappa shape index (κ3) is 9.11. The number of ether oxygens (including phenoxy) is 2. The van der Waals surface area contributed by atoms with Gasteiger partial charge in [-0.1, -0.05) is 27.7 Å². The summed E-state index contributed by atoms with van der Waals surface area (Å²) in [6.45, 7) is 14.8. The summed E-state index contributed by atoms with van der Waals surface area (Å²) in [6.07, 6.45) is 1.08. The van der Waals surface area contributed by atoms with Crippen LogP contribution in [0.1, 0.15) is 57.2 Å². The fourth-order valence-electron chi connectivity index (χ4n) is 1.59. The van der Waals surface area contributed by atoms with Crippen molar-refractivity contribution in [1.82, 2.24) is 0 Å². The number of carbonyl (C=O) groups is 1. The Hall–Kier alpha value is -1.51. The number of methoxy groups -OCH3 is 1. The highest BCUT2D eigenvalue weighted by Gasteiger charge is 2.03. The van der Waals surface area contributed by atoms with Gasteiger partial charge in [-0.2, -0.15) is 0 Å². The van der Waals surface area contributed by atoms with Gasteiger partial charge < -0.3 is 9.47 Å². The first kappa shape index (κ1) is 21.8. The van der Waals surface area contributed by atoms with Crippen molar-refractivity contribution in [1.29, 1.82) is 0 Å². The topological polar surface area (TPSA) is 35.5 Å². The summed E-state index contributed by atoms with van der Waals surface area (Å²) in [7, 11) is 1.40. The molecule has 0 unspecified atom stereocenters. The van der Waals surface area contributed by atoms with Gasteiger partial charge in [0.1, 0.15) is 5.75 Å². The van der Waals surface area contributed by atoms with E-state index in [2.05, 4.69) is 25.5 Å². The molecule has 0 aliphatic carbocycles. The highest BCUT2D eigenvalue weighted by Crippen LogP contribution is 2.21. The van der Waals surface area contributed by atoms with E-state index in [9.17, 15) is 4.79 Å². The molecule has 122 valence electrons. The number of carbonyl (C=O) groups excluding carboxylic acids is 1. The van der Waals surface area contributed by atoms with E-state index < -0.39 is 0 Å². The molecule has 0 atom stereocenters. The quantitative estimate of drug-likeness (QED) is 0.567. The van der Waals surface area contributed by atoms with Gasteiger partial charge in [-0.15, -0.1) is 0 Å². The second-order valence-electron chi connectivity index (χ2n) is 4.21. The molecule has 3 nitrogen and oxygen atoms in total. The van der Waals surface area contributed by atoms with Crippen molar-refractivity contribution in [2.45, 2.75) is 61.3 Å². The lowest BCUT2D eigenvalue weighted by molar-refractivity contribution is -0.140. The molecule has 0 bridgehead atoms. The molecule has 0 aliphatic heterocycles. The number of esters is 1. The Morgan fingerprint density at radius 1 is 1.00 bits per heavy atom. The van der Waals surface area contributed by atoms with Crippen LogP contribution in [0.4, 0.5) is 0 Å². The van der Waals surface area contributed by atoms with Crippen molar-refractivity contribution in [3.8, 4) is 5.75 Å². The van der Waals surface area contributed by atoms with Gasteiger partial charge in [0, 0.05) is 6.42 Å². The lowest BCUT2D eigenvalue weighted by atomic mass is 10.0. The highest BCUT2D eigenvalue weighted by molar-refractivity contribution is 5.69. The maximum Gasteiger partial charge on any atom is 0.305 e. The molecule has 0 fully saturated rings. The molecule has 0 spiro atoms. The standard InChI is InChI=1S/C14H20O3.2C2H6/c1-10-8-13(9-11(2)12(10)3)17-7-5-6-14(15)16-4;2*1-2/h8-9H,5-7H2,1-4H3;2*1-2H3. The zero-order valence-corrected chi connectivity index (χ0v) is 15.0. The van der Waals surface area contributed by atoms with E-state index in [-0.39, 0.29) is 5.97 Å². The van der Waals surface area contributed by atoms with E-state index in [1.165, 1.54) is 23.8 Å². The van der Waals surface area contributed by atoms with Crippen LogP contribution in [0.3, 0.4) is 0 Å². The zero-order chi connectivity index (χ0) is 16.8. The minimum atomic E-state index is -0.190. The minimum Gasteiger partial charge on any atom is -0.494 e. The third-order valence-corrected chi connectivity index (χ3v) is 2.92. The van der Waals surface area contributed by atoms with Crippen molar-refractivity contribution < 1.29 is 14.3 Å². The summed E-state index contributed by atoms with van der Waals surface area (Å²) in [4.78, 5) is 10.9. The fraction of sp³-hybridized carbons (Fsp3) is 0.611. The Morgan fingerprint density at radius 3 is 1.90 bits per heavy atom. The summed E-state index contributed by atoms with van der Waals surface area (Å²) in [6, 6.07) is 4.06. The summed E-state index contributed by atoms with van der Waals surface area (Å²) in [5.41, 5.74) is 3.76. The molecular formula is C18H32O3. The van der Waals surface area contributed by atoms with E-state index in [4.69, 9.17) is 4.74 Å². The lowest BCUT2D eigenvalue weighted by Crippen LogP contribution is -2.05. The van der Waals surface area contributed by atoms with Crippen LogP contribution in [-0.2, 0) is 9.53 Å². The number of aryl methyl sites for hydroxylation is 2. The zero-order valence-electron chi connectivity index (χ0n) is 15.0. The van der Waals surface area contributed by atoms with Gasteiger partial charge in [-0.25, -0.2) is 0 Å². The van der Waals surface area contributed by atoms with Gasteiger partial charge in [0.15, 0.2) is 0 Å². The Kier molecular flexibility index (Phi) is 14.0. The van der Waals surface area contributed by atoms with E-state index in [0.717, 1.165) is 5.75 Å². The van der Waals surface area contributed by atoms with E-state index in [1.54, 1.807) is 0 Å². The lowest BCUT2D eigenvalue weighted by Gasteiger charge is -2.10. The fourth-order valence-corrected chi connectivity index (χ4v) is 1.59. The third-order valence-electron chi connectivity index (χ3n) is 2.92. The first-order valence-electron chi connectivity index (χ1n) is 7.82.